The lowest BCUT2D eigenvalue weighted by molar-refractivity contribution is -0.138. The van der Waals surface area contributed by atoms with E-state index < -0.39 is 5.97 Å². The number of carbonyl (C=O) groups is 2. The number of aliphatic carboxylic acids is 1. The molecule has 0 unspecified atom stereocenters. The fourth-order valence-electron chi connectivity index (χ4n) is 1.41. The summed E-state index contributed by atoms with van der Waals surface area (Å²) in [6, 6.07) is 7.16. The Kier molecular flexibility index (Phi) is 4.72. The first kappa shape index (κ1) is 14.1. The number of aromatic amines is 1. The van der Waals surface area contributed by atoms with Crippen LogP contribution in [0.5, 0.6) is 0 Å². The average Bonchev–Trinajstić information content (AvgIpc) is 2.92. The molecule has 2 rings (SSSR count). The van der Waals surface area contributed by atoms with Crippen LogP contribution in [0.1, 0.15) is 12.8 Å². The van der Waals surface area contributed by atoms with Crippen molar-refractivity contribution in [1.82, 2.24) is 15.2 Å². The fraction of sp³-hybridized carbons (Fsp3) is 0.167. The van der Waals surface area contributed by atoms with E-state index in [1.165, 1.54) is 18.1 Å². The normalized spacial score (nSPS) is 10.2. The summed E-state index contributed by atoms with van der Waals surface area (Å²) in [5.74, 6) is -1.30. The number of anilines is 1. The Labute approximate surface area is 118 Å². The van der Waals surface area contributed by atoms with Gasteiger partial charge in [0.1, 0.15) is 6.33 Å². The number of nitrogens with one attached hydrogen (secondary N) is 2. The molecule has 20 heavy (non-hydrogen) atoms. The molecule has 1 amide bonds. The van der Waals surface area contributed by atoms with Crippen molar-refractivity contribution in [2.24, 2.45) is 0 Å². The van der Waals surface area contributed by atoms with Crippen LogP contribution in [0.3, 0.4) is 0 Å². The van der Waals surface area contributed by atoms with Gasteiger partial charge in [-0.3, -0.25) is 14.7 Å². The first-order valence-electron chi connectivity index (χ1n) is 5.78. The largest absolute Gasteiger partial charge is 0.481 e. The minimum absolute atomic E-state index is 0.0378. The molecule has 0 bridgehead atoms. The number of benzene rings is 1. The fourth-order valence-corrected chi connectivity index (χ4v) is 2.10. The molecule has 1 aromatic heterocycles. The first-order chi connectivity index (χ1) is 9.63. The van der Waals surface area contributed by atoms with Crippen LogP contribution in [-0.2, 0) is 9.59 Å². The third-order valence-corrected chi connectivity index (χ3v) is 3.21. The molecule has 0 aliphatic rings. The summed E-state index contributed by atoms with van der Waals surface area (Å²) in [7, 11) is 0. The molecule has 3 N–H and O–H groups in total. The van der Waals surface area contributed by atoms with Gasteiger partial charge in [-0.1, -0.05) is 11.8 Å². The second-order valence-electron chi connectivity index (χ2n) is 3.86. The lowest BCUT2D eigenvalue weighted by Gasteiger charge is -2.05. The third kappa shape index (κ3) is 4.39. The van der Waals surface area contributed by atoms with Gasteiger partial charge in [0.2, 0.25) is 5.91 Å². The van der Waals surface area contributed by atoms with E-state index in [-0.39, 0.29) is 18.7 Å². The number of carboxylic acids is 1. The van der Waals surface area contributed by atoms with Crippen molar-refractivity contribution in [3.63, 3.8) is 0 Å². The second-order valence-corrected chi connectivity index (χ2v) is 4.92. The van der Waals surface area contributed by atoms with Crippen LogP contribution < -0.4 is 5.32 Å². The van der Waals surface area contributed by atoms with Gasteiger partial charge >= 0.3 is 5.97 Å². The van der Waals surface area contributed by atoms with E-state index in [9.17, 15) is 9.59 Å². The van der Waals surface area contributed by atoms with Gasteiger partial charge < -0.3 is 10.4 Å². The number of aromatic nitrogens is 3. The van der Waals surface area contributed by atoms with Crippen molar-refractivity contribution in [1.29, 1.82) is 0 Å². The Morgan fingerprint density at radius 2 is 2.00 bits per heavy atom. The monoisotopic (exact) mass is 292 g/mol. The van der Waals surface area contributed by atoms with E-state index in [2.05, 4.69) is 20.5 Å². The molecule has 0 spiro atoms. The summed E-state index contributed by atoms with van der Waals surface area (Å²) in [6.45, 7) is 0. The van der Waals surface area contributed by atoms with Gasteiger partial charge in [-0.25, -0.2) is 4.98 Å². The molecular weight excluding hydrogens is 280 g/mol. The molecule has 0 saturated heterocycles. The molecular formula is C12H12N4O3S. The minimum atomic E-state index is -0.987. The number of hydrogen-bond donors (Lipinski definition) is 3. The number of H-pyrrole nitrogens is 1. The zero-order chi connectivity index (χ0) is 14.4. The Balaban J connectivity index is 1.88. The highest BCUT2D eigenvalue weighted by Gasteiger charge is 2.06. The van der Waals surface area contributed by atoms with Gasteiger partial charge in [0, 0.05) is 17.0 Å². The summed E-state index contributed by atoms with van der Waals surface area (Å²) in [5.41, 5.74) is 0.627. The molecule has 0 atom stereocenters. The maximum absolute atomic E-state index is 11.5. The van der Waals surface area contributed by atoms with Crippen molar-refractivity contribution in [3.8, 4) is 0 Å². The molecule has 0 fully saturated rings. The van der Waals surface area contributed by atoms with Crippen molar-refractivity contribution < 1.29 is 14.7 Å². The van der Waals surface area contributed by atoms with Crippen LogP contribution in [0.15, 0.2) is 40.6 Å². The van der Waals surface area contributed by atoms with Crippen LogP contribution >= 0.6 is 11.8 Å². The molecule has 7 nitrogen and oxygen atoms in total. The Morgan fingerprint density at radius 1 is 1.25 bits per heavy atom. The quantitative estimate of drug-likeness (QED) is 0.748. The number of carbonyl (C=O) groups excluding carboxylic acids is 1. The molecule has 0 saturated carbocycles. The number of rotatable bonds is 6. The predicted molar refractivity (Wildman–Crippen MR) is 72.4 cm³/mol. The van der Waals surface area contributed by atoms with E-state index >= 15 is 0 Å². The smallest absolute Gasteiger partial charge is 0.303 e. The Hall–Kier alpha value is -2.35. The van der Waals surface area contributed by atoms with Crippen LogP contribution in [-0.4, -0.2) is 32.2 Å². The second kappa shape index (κ2) is 6.71. The summed E-state index contributed by atoms with van der Waals surface area (Å²) < 4.78 is 0. The molecule has 0 radical (unpaired) electrons. The van der Waals surface area contributed by atoms with Gasteiger partial charge in [-0.15, -0.1) is 0 Å². The van der Waals surface area contributed by atoms with E-state index in [0.29, 0.717) is 10.8 Å². The van der Waals surface area contributed by atoms with Gasteiger partial charge in [0.25, 0.3) is 0 Å². The highest BCUT2D eigenvalue weighted by molar-refractivity contribution is 7.99. The Morgan fingerprint density at radius 3 is 2.60 bits per heavy atom. The van der Waals surface area contributed by atoms with E-state index in [1.54, 1.807) is 12.1 Å². The summed E-state index contributed by atoms with van der Waals surface area (Å²) in [5, 5.41) is 18.3. The number of carboxylic acid groups (broad SMARTS) is 1. The zero-order valence-electron chi connectivity index (χ0n) is 10.4. The van der Waals surface area contributed by atoms with Gasteiger partial charge in [0.15, 0.2) is 5.16 Å². The van der Waals surface area contributed by atoms with Crippen molar-refractivity contribution in [2.45, 2.75) is 22.9 Å². The summed E-state index contributed by atoms with van der Waals surface area (Å²) in [4.78, 5) is 26.8. The molecule has 2 aromatic rings. The lowest BCUT2D eigenvalue weighted by Crippen LogP contribution is -2.12. The predicted octanol–water partition coefficient (Wildman–Crippen LogP) is 1.76. The van der Waals surface area contributed by atoms with Crippen molar-refractivity contribution in [3.05, 3.63) is 30.6 Å². The standard InChI is InChI=1S/C12H12N4O3S/c17-10(5-6-11(18)19)15-8-1-3-9(4-2-8)20-12-13-7-14-16-12/h1-4,7H,5-6H2,(H,15,17)(H,18,19)(H,13,14,16). The third-order valence-electron chi connectivity index (χ3n) is 2.31. The SMILES string of the molecule is O=C(O)CCC(=O)Nc1ccc(Sc2ncn[nH]2)cc1. The highest BCUT2D eigenvalue weighted by Crippen LogP contribution is 2.25. The molecule has 1 aromatic carbocycles. The molecule has 1 heterocycles. The van der Waals surface area contributed by atoms with Gasteiger partial charge in [-0.05, 0) is 24.3 Å². The topological polar surface area (TPSA) is 108 Å². The zero-order valence-corrected chi connectivity index (χ0v) is 11.2. The maximum atomic E-state index is 11.5. The lowest BCUT2D eigenvalue weighted by atomic mass is 10.2. The van der Waals surface area contributed by atoms with Gasteiger partial charge in [-0.2, -0.15) is 5.10 Å². The first-order valence-corrected chi connectivity index (χ1v) is 6.60. The van der Waals surface area contributed by atoms with E-state index in [1.807, 2.05) is 12.1 Å². The van der Waals surface area contributed by atoms with Crippen LogP contribution in [0.25, 0.3) is 0 Å². The summed E-state index contributed by atoms with van der Waals surface area (Å²) >= 11 is 1.42. The maximum Gasteiger partial charge on any atom is 0.303 e. The number of nitrogens with zero attached hydrogens (tertiary/aromatic N) is 2. The molecule has 104 valence electrons. The van der Waals surface area contributed by atoms with Crippen molar-refractivity contribution in [2.75, 3.05) is 5.32 Å². The molecule has 0 aliphatic heterocycles. The van der Waals surface area contributed by atoms with E-state index in [4.69, 9.17) is 5.11 Å². The average molecular weight is 292 g/mol. The number of hydrogen-bond acceptors (Lipinski definition) is 5. The number of amides is 1. The van der Waals surface area contributed by atoms with E-state index in [0.717, 1.165) is 4.90 Å². The van der Waals surface area contributed by atoms with Gasteiger partial charge in [0.05, 0.1) is 6.42 Å². The molecule has 8 heteroatoms. The van der Waals surface area contributed by atoms with Crippen LogP contribution in [0.4, 0.5) is 5.69 Å². The summed E-state index contributed by atoms with van der Waals surface area (Å²) in [6.07, 6.45) is 1.22. The van der Waals surface area contributed by atoms with Crippen LogP contribution in [0.2, 0.25) is 0 Å². The highest BCUT2D eigenvalue weighted by atomic mass is 32.2. The van der Waals surface area contributed by atoms with Crippen molar-refractivity contribution >= 4 is 29.3 Å². The minimum Gasteiger partial charge on any atom is -0.481 e. The molecule has 0 aliphatic carbocycles. The Bertz CT molecular complexity index is 583. The van der Waals surface area contributed by atoms with Crippen LogP contribution in [0, 0.1) is 0 Å².